The fourth-order valence-electron chi connectivity index (χ4n) is 4.71. The van der Waals surface area contributed by atoms with Crippen LogP contribution >= 0.6 is 23.1 Å². The summed E-state index contributed by atoms with van der Waals surface area (Å²) in [5.74, 6) is 1.54. The van der Waals surface area contributed by atoms with Crippen molar-refractivity contribution in [3.05, 3.63) is 88.1 Å². The smallest absolute Gasteiger partial charge is 0.261 e. The molecule has 11 nitrogen and oxygen atoms in total. The maximum Gasteiger partial charge on any atom is 0.261 e. The number of benzene rings is 1. The van der Waals surface area contributed by atoms with E-state index >= 15 is 0 Å². The first-order chi connectivity index (χ1) is 19.9. The van der Waals surface area contributed by atoms with Crippen LogP contribution in [0.3, 0.4) is 0 Å². The van der Waals surface area contributed by atoms with Gasteiger partial charge in [0.15, 0.2) is 0 Å². The lowest BCUT2D eigenvalue weighted by molar-refractivity contribution is 0.347. The van der Waals surface area contributed by atoms with Crippen molar-refractivity contribution in [2.24, 2.45) is 0 Å². The van der Waals surface area contributed by atoms with Crippen LogP contribution in [0.5, 0.6) is 0 Å². The molecule has 1 saturated heterocycles. The number of nitrogens with zero attached hydrogens (tertiary/aromatic N) is 9. The zero-order chi connectivity index (χ0) is 28.5. The van der Waals surface area contributed by atoms with Crippen LogP contribution in [0.1, 0.15) is 22.1 Å². The van der Waals surface area contributed by atoms with Crippen LogP contribution in [0.2, 0.25) is 0 Å². The number of hydrogen-bond donors (Lipinski definition) is 1. The standard InChI is InChI=1S/C28H30N10OS2/c1-18(35(2)3)23-13-20-14-30-27(32-21-7-5-19(6-8-21)24-17-36(4)10-12-40-24)33-25(20)37(26(23)39)16-22-15-31-34-38(22)28-29-9-11-41-28/h5-9,11,13-15,24H,1,10,12,16-17H2,2-4H3,(H,30,32,33). The summed E-state index contributed by atoms with van der Waals surface area (Å²) in [6, 6.07) is 10.2. The topological polar surface area (TPSA) is 110 Å². The highest BCUT2D eigenvalue weighted by Gasteiger charge is 2.20. The normalized spacial score (nSPS) is 15.7. The summed E-state index contributed by atoms with van der Waals surface area (Å²) in [6.07, 6.45) is 5.07. The van der Waals surface area contributed by atoms with Gasteiger partial charge in [0.25, 0.3) is 5.56 Å². The van der Waals surface area contributed by atoms with Gasteiger partial charge in [0.1, 0.15) is 5.65 Å². The number of hydrogen-bond acceptors (Lipinski definition) is 11. The summed E-state index contributed by atoms with van der Waals surface area (Å²) in [6.45, 7) is 6.48. The van der Waals surface area contributed by atoms with Gasteiger partial charge in [-0.3, -0.25) is 9.36 Å². The third-order valence-electron chi connectivity index (χ3n) is 7.03. The first-order valence-corrected chi connectivity index (χ1v) is 15.0. The predicted octanol–water partition coefficient (Wildman–Crippen LogP) is 3.87. The van der Waals surface area contributed by atoms with E-state index in [0.29, 0.717) is 38.9 Å². The van der Waals surface area contributed by atoms with Crippen LogP contribution in [-0.2, 0) is 6.54 Å². The van der Waals surface area contributed by atoms with Crippen molar-refractivity contribution in [3.8, 4) is 5.13 Å². The third kappa shape index (κ3) is 5.60. The minimum atomic E-state index is -0.216. The number of pyridine rings is 1. The van der Waals surface area contributed by atoms with Gasteiger partial charge in [-0.25, -0.2) is 9.97 Å². The number of aromatic nitrogens is 7. The van der Waals surface area contributed by atoms with Crippen molar-refractivity contribution in [2.45, 2.75) is 11.8 Å². The first-order valence-electron chi connectivity index (χ1n) is 13.1. The Bertz CT molecular complexity index is 1740. The molecule has 5 heterocycles. The van der Waals surface area contributed by atoms with Crippen molar-refractivity contribution >= 4 is 51.5 Å². The van der Waals surface area contributed by atoms with E-state index in [-0.39, 0.29) is 12.1 Å². The van der Waals surface area contributed by atoms with Crippen LogP contribution in [-0.4, -0.2) is 84.3 Å². The number of fused-ring (bicyclic) bond motifs is 1. The minimum absolute atomic E-state index is 0.190. The zero-order valence-corrected chi connectivity index (χ0v) is 24.7. The molecule has 0 saturated carbocycles. The van der Waals surface area contributed by atoms with Crippen molar-refractivity contribution in [3.63, 3.8) is 0 Å². The molecule has 0 amide bonds. The summed E-state index contributed by atoms with van der Waals surface area (Å²) in [7, 11) is 5.89. The van der Waals surface area contributed by atoms with E-state index in [4.69, 9.17) is 4.98 Å². The summed E-state index contributed by atoms with van der Waals surface area (Å²) in [4.78, 5) is 31.8. The van der Waals surface area contributed by atoms with Gasteiger partial charge >= 0.3 is 0 Å². The second-order valence-corrected chi connectivity index (χ2v) is 12.3. The van der Waals surface area contributed by atoms with E-state index in [2.05, 4.69) is 56.3 Å². The Balaban J connectivity index is 1.36. The Morgan fingerprint density at radius 3 is 2.76 bits per heavy atom. The zero-order valence-electron chi connectivity index (χ0n) is 23.1. The fourth-order valence-corrected chi connectivity index (χ4v) is 6.74. The van der Waals surface area contributed by atoms with Crippen LogP contribution in [0.25, 0.3) is 21.9 Å². The largest absolute Gasteiger partial charge is 0.377 e. The van der Waals surface area contributed by atoms with E-state index < -0.39 is 0 Å². The SMILES string of the molecule is C=C(c1cc2cnc(Nc3ccc(C4CN(C)CCS4)cc3)nc2n(Cc2cnnn2-c2nccs2)c1=O)N(C)C. The van der Waals surface area contributed by atoms with Crippen molar-refractivity contribution in [1.82, 2.24) is 44.3 Å². The number of likely N-dealkylation sites (N-methyl/N-ethyl adjacent to an activating group) is 1. The molecule has 210 valence electrons. The summed E-state index contributed by atoms with van der Waals surface area (Å²) < 4.78 is 3.26. The van der Waals surface area contributed by atoms with Crippen LogP contribution in [0, 0.1) is 0 Å². The van der Waals surface area contributed by atoms with Gasteiger partial charge in [0, 0.05) is 72.7 Å². The molecular weight excluding hydrogens is 557 g/mol. The molecule has 13 heteroatoms. The fraction of sp³-hybridized carbons (Fsp3) is 0.286. The van der Waals surface area contributed by atoms with Gasteiger partial charge in [-0.05, 0) is 30.8 Å². The van der Waals surface area contributed by atoms with Crippen molar-refractivity contribution < 1.29 is 0 Å². The molecule has 1 fully saturated rings. The van der Waals surface area contributed by atoms with Gasteiger partial charge in [-0.15, -0.1) is 16.4 Å². The molecule has 1 atom stereocenters. The molecule has 1 aromatic carbocycles. The number of nitrogens with one attached hydrogen (secondary N) is 1. The summed E-state index contributed by atoms with van der Waals surface area (Å²) in [5.41, 5.74) is 4.23. The van der Waals surface area contributed by atoms with Crippen LogP contribution in [0.4, 0.5) is 11.6 Å². The molecule has 5 aromatic rings. The molecule has 6 rings (SSSR count). The molecule has 1 aliphatic rings. The number of thiazole rings is 1. The van der Waals surface area contributed by atoms with Crippen molar-refractivity contribution in [2.75, 3.05) is 45.3 Å². The third-order valence-corrected chi connectivity index (χ3v) is 9.02. The highest BCUT2D eigenvalue weighted by Crippen LogP contribution is 2.33. The second-order valence-electron chi connectivity index (χ2n) is 10.1. The Hall–Kier alpha value is -4.07. The monoisotopic (exact) mass is 586 g/mol. The molecule has 41 heavy (non-hydrogen) atoms. The molecule has 0 aliphatic carbocycles. The Morgan fingerprint density at radius 1 is 1.20 bits per heavy atom. The minimum Gasteiger partial charge on any atom is -0.377 e. The van der Waals surface area contributed by atoms with Gasteiger partial charge in [-0.2, -0.15) is 21.4 Å². The second kappa shape index (κ2) is 11.4. The van der Waals surface area contributed by atoms with Crippen molar-refractivity contribution in [1.29, 1.82) is 0 Å². The van der Waals surface area contributed by atoms with Crippen LogP contribution in [0.15, 0.2) is 65.7 Å². The molecule has 0 spiro atoms. The lowest BCUT2D eigenvalue weighted by Gasteiger charge is -2.29. The van der Waals surface area contributed by atoms with Gasteiger partial charge in [-0.1, -0.05) is 23.9 Å². The first kappa shape index (κ1) is 27.1. The maximum atomic E-state index is 13.9. The Morgan fingerprint density at radius 2 is 2.02 bits per heavy atom. The van der Waals surface area contributed by atoms with E-state index in [1.165, 1.54) is 16.9 Å². The number of thioether (sulfide) groups is 1. The van der Waals surface area contributed by atoms with E-state index in [1.807, 2.05) is 48.3 Å². The number of anilines is 2. The van der Waals surface area contributed by atoms with Gasteiger partial charge in [0.2, 0.25) is 11.1 Å². The maximum absolute atomic E-state index is 13.9. The lowest BCUT2D eigenvalue weighted by atomic mass is 10.1. The quantitative estimate of drug-likeness (QED) is 0.288. The van der Waals surface area contributed by atoms with E-state index in [1.54, 1.807) is 33.9 Å². The molecule has 1 N–H and O–H groups in total. The molecule has 0 bridgehead atoms. The Labute approximate surface area is 245 Å². The average molecular weight is 587 g/mol. The lowest BCUT2D eigenvalue weighted by Crippen LogP contribution is -2.30. The highest BCUT2D eigenvalue weighted by atomic mass is 32.2. The average Bonchev–Trinajstić information content (AvgIpc) is 3.67. The summed E-state index contributed by atoms with van der Waals surface area (Å²) >= 11 is 3.44. The molecule has 4 aromatic heterocycles. The number of rotatable bonds is 8. The van der Waals surface area contributed by atoms with Gasteiger partial charge < -0.3 is 15.1 Å². The predicted molar refractivity (Wildman–Crippen MR) is 165 cm³/mol. The highest BCUT2D eigenvalue weighted by molar-refractivity contribution is 7.99. The molecule has 1 aliphatic heterocycles. The van der Waals surface area contributed by atoms with E-state index in [0.717, 1.165) is 29.9 Å². The summed E-state index contributed by atoms with van der Waals surface area (Å²) in [5, 5.41) is 15.3. The molecule has 1 unspecified atom stereocenters. The Kier molecular flexibility index (Phi) is 7.56. The molecular formula is C28H30N10OS2. The van der Waals surface area contributed by atoms with E-state index in [9.17, 15) is 4.79 Å². The molecule has 0 radical (unpaired) electrons. The van der Waals surface area contributed by atoms with Crippen LogP contribution < -0.4 is 10.9 Å². The van der Waals surface area contributed by atoms with Gasteiger partial charge in [0.05, 0.1) is 24.0 Å².